The first-order valence-electron chi connectivity index (χ1n) is 12.0. The Bertz CT molecular complexity index is 1350. The normalized spacial score (nSPS) is 18.1. The molecule has 0 bridgehead atoms. The number of aliphatic hydroxyl groups excluding tert-OH is 1. The maximum absolute atomic E-state index is 13.4. The highest BCUT2D eigenvalue weighted by Gasteiger charge is 2.46. The molecule has 3 aromatic rings. The van der Waals surface area contributed by atoms with Gasteiger partial charge >= 0.3 is 0 Å². The van der Waals surface area contributed by atoms with E-state index >= 15 is 0 Å². The lowest BCUT2D eigenvalue weighted by molar-refractivity contribution is -0.140. The van der Waals surface area contributed by atoms with Crippen LogP contribution in [0, 0.1) is 0 Å². The van der Waals surface area contributed by atoms with Gasteiger partial charge in [0.1, 0.15) is 30.5 Å². The number of fused-ring (bicyclic) bond motifs is 1. The van der Waals surface area contributed by atoms with Crippen LogP contribution in [0.3, 0.4) is 0 Å². The quantitative estimate of drug-likeness (QED) is 0.290. The van der Waals surface area contributed by atoms with Crippen molar-refractivity contribution in [1.82, 2.24) is 4.90 Å². The molecule has 0 aromatic heterocycles. The van der Waals surface area contributed by atoms with E-state index in [0.29, 0.717) is 53.9 Å². The predicted octanol–water partition coefficient (Wildman–Crippen LogP) is 4.49. The maximum atomic E-state index is 13.4. The molecule has 1 atom stereocenters. The second kappa shape index (κ2) is 10.3. The van der Waals surface area contributed by atoms with Crippen molar-refractivity contribution >= 4 is 17.4 Å². The van der Waals surface area contributed by atoms with Crippen LogP contribution in [0.2, 0.25) is 0 Å². The Balaban J connectivity index is 1.59. The summed E-state index contributed by atoms with van der Waals surface area (Å²) in [6.45, 7) is 3.40. The summed E-state index contributed by atoms with van der Waals surface area (Å²) in [6.07, 6.45) is 0. The van der Waals surface area contributed by atoms with Gasteiger partial charge in [0.25, 0.3) is 11.7 Å². The number of benzene rings is 3. The minimum absolute atomic E-state index is 0.0133. The van der Waals surface area contributed by atoms with Gasteiger partial charge in [0.2, 0.25) is 0 Å². The number of likely N-dealkylation sites (tertiary alicyclic amines) is 1. The van der Waals surface area contributed by atoms with Gasteiger partial charge in [-0.2, -0.15) is 0 Å². The predicted molar refractivity (Wildman–Crippen MR) is 136 cm³/mol. The monoisotopic (exact) mass is 501 g/mol. The molecule has 0 spiro atoms. The molecule has 2 aliphatic rings. The third-order valence-electron chi connectivity index (χ3n) is 6.37. The van der Waals surface area contributed by atoms with E-state index < -0.39 is 17.7 Å². The van der Waals surface area contributed by atoms with Crippen LogP contribution in [-0.2, 0) is 16.1 Å². The number of ether oxygens (including phenoxy) is 4. The Labute approximate surface area is 214 Å². The van der Waals surface area contributed by atoms with E-state index in [1.54, 1.807) is 61.7 Å². The first kappa shape index (κ1) is 24.2. The topological polar surface area (TPSA) is 94.5 Å². The smallest absolute Gasteiger partial charge is 0.295 e. The molecule has 1 fully saturated rings. The molecule has 0 aliphatic carbocycles. The number of carbonyl (C=O) groups is 2. The van der Waals surface area contributed by atoms with E-state index in [4.69, 9.17) is 18.9 Å². The summed E-state index contributed by atoms with van der Waals surface area (Å²) in [5.74, 6) is 0.684. The van der Waals surface area contributed by atoms with E-state index in [-0.39, 0.29) is 17.9 Å². The fraction of sp³-hybridized carbons (Fsp3) is 0.241. The maximum Gasteiger partial charge on any atom is 0.295 e. The molecule has 0 radical (unpaired) electrons. The Hall–Kier alpha value is -4.46. The van der Waals surface area contributed by atoms with Crippen LogP contribution >= 0.6 is 0 Å². The fourth-order valence-corrected chi connectivity index (χ4v) is 4.58. The van der Waals surface area contributed by atoms with Crippen molar-refractivity contribution in [1.29, 1.82) is 0 Å². The Morgan fingerprint density at radius 1 is 0.946 bits per heavy atom. The van der Waals surface area contributed by atoms with Crippen LogP contribution in [0.5, 0.6) is 23.0 Å². The summed E-state index contributed by atoms with van der Waals surface area (Å²) in [5, 5.41) is 11.4. The Morgan fingerprint density at radius 2 is 1.62 bits per heavy atom. The number of hydrogen-bond acceptors (Lipinski definition) is 7. The van der Waals surface area contributed by atoms with E-state index in [1.807, 2.05) is 19.1 Å². The average molecular weight is 502 g/mol. The van der Waals surface area contributed by atoms with Crippen molar-refractivity contribution in [2.24, 2.45) is 0 Å². The molecule has 8 nitrogen and oxygen atoms in total. The van der Waals surface area contributed by atoms with Crippen LogP contribution in [0.4, 0.5) is 0 Å². The van der Waals surface area contributed by atoms with E-state index in [0.717, 1.165) is 5.56 Å². The van der Waals surface area contributed by atoms with Gasteiger partial charge in [-0.05, 0) is 60.5 Å². The van der Waals surface area contributed by atoms with Crippen molar-refractivity contribution in [3.05, 3.63) is 89.0 Å². The highest BCUT2D eigenvalue weighted by atomic mass is 16.6. The second-order valence-corrected chi connectivity index (χ2v) is 8.64. The minimum atomic E-state index is -0.800. The van der Waals surface area contributed by atoms with Crippen LogP contribution in [0.15, 0.2) is 72.3 Å². The molecule has 1 saturated heterocycles. The number of amides is 1. The molecule has 1 unspecified atom stereocenters. The number of methoxy groups -OCH3 is 1. The van der Waals surface area contributed by atoms with Gasteiger partial charge in [-0.3, -0.25) is 9.59 Å². The van der Waals surface area contributed by atoms with Gasteiger partial charge in [0.05, 0.1) is 25.3 Å². The van der Waals surface area contributed by atoms with Crippen LogP contribution in [0.25, 0.3) is 5.76 Å². The highest BCUT2D eigenvalue weighted by Crippen LogP contribution is 2.42. The summed E-state index contributed by atoms with van der Waals surface area (Å²) < 4.78 is 22.0. The van der Waals surface area contributed by atoms with Gasteiger partial charge in [0, 0.05) is 12.1 Å². The molecule has 0 saturated carbocycles. The zero-order chi connectivity index (χ0) is 25.9. The number of Topliss-reactive ketones (excluding diaryl/α,β-unsaturated/α-hetero) is 1. The molecular weight excluding hydrogens is 474 g/mol. The SMILES string of the molecule is CCOc1ccc(C2/C(=C(/O)c3ccc4c(c3)OCCO4)C(=O)C(=O)N2Cc2ccc(OC)cc2)cc1. The second-order valence-electron chi connectivity index (χ2n) is 8.64. The summed E-state index contributed by atoms with van der Waals surface area (Å²) in [4.78, 5) is 28.1. The third kappa shape index (κ3) is 4.70. The molecule has 1 N–H and O–H groups in total. The zero-order valence-corrected chi connectivity index (χ0v) is 20.6. The van der Waals surface area contributed by atoms with Crippen molar-refractivity contribution in [2.45, 2.75) is 19.5 Å². The molecule has 3 aromatic carbocycles. The number of rotatable bonds is 7. The van der Waals surface area contributed by atoms with Gasteiger partial charge in [-0.1, -0.05) is 24.3 Å². The van der Waals surface area contributed by atoms with Crippen LogP contribution in [0.1, 0.15) is 29.7 Å². The third-order valence-corrected chi connectivity index (χ3v) is 6.37. The van der Waals surface area contributed by atoms with Crippen molar-refractivity contribution in [3.8, 4) is 23.0 Å². The van der Waals surface area contributed by atoms with Gasteiger partial charge in [-0.25, -0.2) is 0 Å². The average Bonchev–Trinajstić information content (AvgIpc) is 3.18. The van der Waals surface area contributed by atoms with Crippen molar-refractivity contribution in [3.63, 3.8) is 0 Å². The molecule has 1 amide bonds. The largest absolute Gasteiger partial charge is 0.507 e. The molecular formula is C29H27NO7. The number of carbonyl (C=O) groups excluding carboxylic acids is 2. The van der Waals surface area contributed by atoms with E-state index in [9.17, 15) is 14.7 Å². The molecule has 2 heterocycles. The summed E-state index contributed by atoms with van der Waals surface area (Å²) in [5.41, 5.74) is 1.87. The zero-order valence-electron chi connectivity index (χ0n) is 20.6. The van der Waals surface area contributed by atoms with Gasteiger partial charge in [-0.15, -0.1) is 0 Å². The van der Waals surface area contributed by atoms with Crippen LogP contribution in [-0.4, -0.2) is 48.6 Å². The van der Waals surface area contributed by atoms with Gasteiger partial charge < -0.3 is 29.0 Å². The lowest BCUT2D eigenvalue weighted by Crippen LogP contribution is -2.29. The summed E-state index contributed by atoms with van der Waals surface area (Å²) in [6, 6.07) is 18.6. The van der Waals surface area contributed by atoms with Crippen molar-refractivity contribution < 1.29 is 33.6 Å². The highest BCUT2D eigenvalue weighted by molar-refractivity contribution is 6.46. The Kier molecular flexibility index (Phi) is 6.72. The first-order chi connectivity index (χ1) is 18.0. The fourth-order valence-electron chi connectivity index (χ4n) is 4.58. The van der Waals surface area contributed by atoms with Gasteiger partial charge in [0.15, 0.2) is 11.5 Å². The minimum Gasteiger partial charge on any atom is -0.507 e. The Morgan fingerprint density at radius 3 is 2.30 bits per heavy atom. The first-order valence-corrected chi connectivity index (χ1v) is 12.0. The number of nitrogens with zero attached hydrogens (tertiary/aromatic N) is 1. The molecule has 190 valence electrons. The molecule has 5 rings (SSSR count). The number of hydrogen-bond donors (Lipinski definition) is 1. The molecule has 2 aliphatic heterocycles. The summed E-state index contributed by atoms with van der Waals surface area (Å²) in [7, 11) is 1.58. The van der Waals surface area contributed by atoms with Crippen LogP contribution < -0.4 is 18.9 Å². The lowest BCUT2D eigenvalue weighted by atomic mass is 9.95. The standard InChI is InChI=1S/C29H27NO7/c1-3-35-22-11-6-19(7-12-22)26-25(27(31)20-8-13-23-24(16-20)37-15-14-36-23)28(32)29(33)30(26)17-18-4-9-21(34-2)10-5-18/h4-13,16,26,31H,3,14-15,17H2,1-2H3/b27-25-. The van der Waals surface area contributed by atoms with Crippen molar-refractivity contribution in [2.75, 3.05) is 26.9 Å². The summed E-state index contributed by atoms with van der Waals surface area (Å²) >= 11 is 0. The number of aliphatic hydroxyl groups is 1. The van der Waals surface area contributed by atoms with E-state index in [2.05, 4.69) is 0 Å². The molecule has 8 heteroatoms. The number of ketones is 1. The molecule has 37 heavy (non-hydrogen) atoms. The lowest BCUT2D eigenvalue weighted by Gasteiger charge is -2.26. The van der Waals surface area contributed by atoms with E-state index in [1.165, 1.54) is 4.90 Å².